The summed E-state index contributed by atoms with van der Waals surface area (Å²) in [7, 11) is 0. The van der Waals surface area contributed by atoms with E-state index in [0.717, 1.165) is 11.3 Å². The van der Waals surface area contributed by atoms with Crippen molar-refractivity contribution in [1.29, 1.82) is 0 Å². The normalized spacial score (nSPS) is 12.0. The summed E-state index contributed by atoms with van der Waals surface area (Å²) in [5, 5.41) is 3.79. The third kappa shape index (κ3) is 3.55. The average Bonchev–Trinajstić information content (AvgIpc) is 2.44. The van der Waals surface area contributed by atoms with Crippen LogP contribution >= 0.6 is 23.2 Å². The van der Waals surface area contributed by atoms with Gasteiger partial charge in [-0.25, -0.2) is 0 Å². The number of carbonyl (C=O) groups is 1. The van der Waals surface area contributed by atoms with Gasteiger partial charge in [-0.2, -0.15) is 4.57 Å². The number of nitrogens with zero attached hydrogens (tertiary/aromatic N) is 1. The third-order valence-electron chi connectivity index (χ3n) is 3.54. The van der Waals surface area contributed by atoms with Crippen LogP contribution in [0.15, 0.2) is 36.5 Å². The topological polar surface area (TPSA) is 33.0 Å². The van der Waals surface area contributed by atoms with E-state index in [-0.39, 0.29) is 11.9 Å². The number of aryl methyl sites for hydroxylation is 1. The van der Waals surface area contributed by atoms with Crippen molar-refractivity contribution in [3.8, 4) is 0 Å². The monoisotopic (exact) mass is 323 g/mol. The van der Waals surface area contributed by atoms with Crippen LogP contribution in [0.2, 0.25) is 10.0 Å². The fraction of sp³-hybridized carbons (Fsp3) is 0.250. The van der Waals surface area contributed by atoms with Crippen molar-refractivity contribution in [2.75, 3.05) is 5.32 Å². The van der Waals surface area contributed by atoms with Crippen LogP contribution < -0.4 is 9.88 Å². The Hall–Kier alpha value is -1.58. The van der Waals surface area contributed by atoms with E-state index < -0.39 is 0 Å². The molecule has 2 aromatic rings. The van der Waals surface area contributed by atoms with Gasteiger partial charge < -0.3 is 5.32 Å². The Labute approximate surface area is 134 Å². The number of pyridine rings is 1. The van der Waals surface area contributed by atoms with Crippen LogP contribution in [0, 0.1) is 13.8 Å². The highest BCUT2D eigenvalue weighted by molar-refractivity contribution is 6.36. The Morgan fingerprint density at radius 1 is 1.24 bits per heavy atom. The van der Waals surface area contributed by atoms with Crippen molar-refractivity contribution >= 4 is 34.8 Å². The zero-order valence-electron chi connectivity index (χ0n) is 12.2. The maximum atomic E-state index is 12.4. The zero-order chi connectivity index (χ0) is 15.6. The number of anilines is 1. The molecule has 1 aromatic heterocycles. The first kappa shape index (κ1) is 15.8. The molecule has 0 saturated carbocycles. The fourth-order valence-electron chi connectivity index (χ4n) is 2.09. The van der Waals surface area contributed by atoms with E-state index in [1.165, 1.54) is 0 Å². The molecule has 0 aliphatic heterocycles. The largest absolute Gasteiger partial charge is 0.319 e. The summed E-state index contributed by atoms with van der Waals surface area (Å²) < 4.78 is 1.94. The molecular formula is C16H17Cl2N2O+. The van der Waals surface area contributed by atoms with Gasteiger partial charge in [-0.05, 0) is 31.2 Å². The molecule has 0 bridgehead atoms. The Kier molecular flexibility index (Phi) is 4.86. The Balaban J connectivity index is 2.22. The number of benzene rings is 1. The van der Waals surface area contributed by atoms with Gasteiger partial charge in [0, 0.05) is 30.5 Å². The summed E-state index contributed by atoms with van der Waals surface area (Å²) in [5.74, 6) is -0.127. The first-order valence-corrected chi connectivity index (χ1v) is 7.39. The molecule has 1 N–H and O–H groups in total. The highest BCUT2D eigenvalue weighted by Gasteiger charge is 2.25. The minimum Gasteiger partial charge on any atom is -0.319 e. The maximum Gasteiger partial charge on any atom is 0.293 e. The second-order valence-electron chi connectivity index (χ2n) is 4.97. The Morgan fingerprint density at radius 3 is 2.62 bits per heavy atom. The molecule has 0 spiro atoms. The van der Waals surface area contributed by atoms with E-state index in [1.54, 1.807) is 18.2 Å². The first-order valence-electron chi connectivity index (χ1n) is 6.63. The van der Waals surface area contributed by atoms with E-state index in [2.05, 4.69) is 5.32 Å². The molecule has 1 heterocycles. The summed E-state index contributed by atoms with van der Waals surface area (Å²) in [4.78, 5) is 12.4. The van der Waals surface area contributed by atoms with Crippen molar-refractivity contribution in [3.05, 3.63) is 57.8 Å². The van der Waals surface area contributed by atoms with Gasteiger partial charge in [0.05, 0.1) is 10.7 Å². The Morgan fingerprint density at radius 2 is 1.95 bits per heavy atom. The molecule has 0 aliphatic carbocycles. The van der Waals surface area contributed by atoms with E-state index >= 15 is 0 Å². The molecule has 1 aromatic carbocycles. The van der Waals surface area contributed by atoms with Gasteiger partial charge in [0.15, 0.2) is 11.9 Å². The highest BCUT2D eigenvalue weighted by Crippen LogP contribution is 2.25. The van der Waals surface area contributed by atoms with E-state index in [1.807, 2.05) is 43.7 Å². The lowest BCUT2D eigenvalue weighted by Crippen LogP contribution is -2.47. The quantitative estimate of drug-likeness (QED) is 0.847. The van der Waals surface area contributed by atoms with Crippen molar-refractivity contribution in [2.24, 2.45) is 0 Å². The summed E-state index contributed by atoms with van der Waals surface area (Å²) in [6.45, 7) is 5.87. The van der Waals surface area contributed by atoms with E-state index in [9.17, 15) is 4.79 Å². The second-order valence-corrected chi connectivity index (χ2v) is 5.82. The number of rotatable bonds is 3. The lowest BCUT2D eigenvalue weighted by atomic mass is 10.2. The van der Waals surface area contributed by atoms with Gasteiger partial charge in [0.25, 0.3) is 5.91 Å². The molecule has 3 nitrogen and oxygen atoms in total. The summed E-state index contributed by atoms with van der Waals surface area (Å²) in [6, 6.07) is 8.61. The first-order chi connectivity index (χ1) is 9.90. The van der Waals surface area contributed by atoms with Crippen LogP contribution in [-0.2, 0) is 4.79 Å². The van der Waals surface area contributed by atoms with Crippen LogP contribution in [-0.4, -0.2) is 5.91 Å². The summed E-state index contributed by atoms with van der Waals surface area (Å²) >= 11 is 11.9. The molecular weight excluding hydrogens is 307 g/mol. The number of halogens is 2. The maximum absolute atomic E-state index is 12.4. The lowest BCUT2D eigenvalue weighted by molar-refractivity contribution is -0.711. The number of hydrogen-bond acceptors (Lipinski definition) is 1. The van der Waals surface area contributed by atoms with Gasteiger partial charge in [0.1, 0.15) is 0 Å². The molecule has 5 heteroatoms. The van der Waals surface area contributed by atoms with Gasteiger partial charge in [-0.1, -0.05) is 23.2 Å². The molecule has 1 atom stereocenters. The predicted octanol–water partition coefficient (Wildman–Crippen LogP) is 4.10. The van der Waals surface area contributed by atoms with Crippen LogP contribution in [0.3, 0.4) is 0 Å². The molecule has 21 heavy (non-hydrogen) atoms. The molecule has 0 radical (unpaired) electrons. The number of nitrogens with one attached hydrogen (secondary N) is 1. The number of aromatic nitrogens is 1. The standard InChI is InChI=1S/C16H16Cl2N2O/c1-10-5-4-8-20(11(10)2)12(3)16(21)19-15-7-6-13(17)9-14(15)18/h4-9,12H,1-3H3/p+1/t12-/m0/s1. The SMILES string of the molecule is Cc1ccc[n+]([C@@H](C)C(=O)Nc2ccc(Cl)cc2Cl)c1C. The zero-order valence-corrected chi connectivity index (χ0v) is 13.7. The molecule has 1 amide bonds. The van der Waals surface area contributed by atoms with Crippen LogP contribution in [0.1, 0.15) is 24.2 Å². The molecule has 0 fully saturated rings. The van der Waals surface area contributed by atoms with Gasteiger partial charge in [0.2, 0.25) is 6.04 Å². The van der Waals surface area contributed by atoms with Crippen LogP contribution in [0.25, 0.3) is 0 Å². The smallest absolute Gasteiger partial charge is 0.293 e. The van der Waals surface area contributed by atoms with Crippen molar-refractivity contribution in [1.82, 2.24) is 0 Å². The number of carbonyl (C=O) groups excluding carboxylic acids is 1. The molecule has 110 valence electrons. The number of amides is 1. The Bertz CT molecular complexity index is 686. The highest BCUT2D eigenvalue weighted by atomic mass is 35.5. The average molecular weight is 324 g/mol. The molecule has 2 rings (SSSR count). The minimum atomic E-state index is -0.336. The van der Waals surface area contributed by atoms with Gasteiger partial charge in [-0.3, -0.25) is 4.79 Å². The molecule has 0 saturated heterocycles. The predicted molar refractivity (Wildman–Crippen MR) is 85.9 cm³/mol. The van der Waals surface area contributed by atoms with Crippen molar-refractivity contribution in [2.45, 2.75) is 26.8 Å². The third-order valence-corrected chi connectivity index (χ3v) is 4.08. The van der Waals surface area contributed by atoms with Crippen molar-refractivity contribution in [3.63, 3.8) is 0 Å². The summed E-state index contributed by atoms with van der Waals surface area (Å²) in [5.41, 5.74) is 2.76. The molecule has 0 unspecified atom stereocenters. The fourth-order valence-corrected chi connectivity index (χ4v) is 2.55. The summed E-state index contributed by atoms with van der Waals surface area (Å²) in [6.07, 6.45) is 1.90. The number of hydrogen-bond donors (Lipinski definition) is 1. The van der Waals surface area contributed by atoms with Gasteiger partial charge in [-0.15, -0.1) is 0 Å². The minimum absolute atomic E-state index is 0.127. The van der Waals surface area contributed by atoms with Crippen LogP contribution in [0.4, 0.5) is 5.69 Å². The van der Waals surface area contributed by atoms with Crippen LogP contribution in [0.5, 0.6) is 0 Å². The molecule has 0 aliphatic rings. The van der Waals surface area contributed by atoms with Crippen molar-refractivity contribution < 1.29 is 9.36 Å². The second kappa shape index (κ2) is 6.46. The van der Waals surface area contributed by atoms with E-state index in [0.29, 0.717) is 15.7 Å². The lowest BCUT2D eigenvalue weighted by Gasteiger charge is -2.12. The van der Waals surface area contributed by atoms with E-state index in [4.69, 9.17) is 23.2 Å². The van der Waals surface area contributed by atoms with Gasteiger partial charge >= 0.3 is 0 Å².